The quantitative estimate of drug-likeness (QED) is 0.0840. The molecule has 0 unspecified atom stereocenters. The van der Waals surface area contributed by atoms with Crippen LogP contribution in [-0.2, 0) is 14.0 Å². The van der Waals surface area contributed by atoms with Gasteiger partial charge in [0.05, 0.1) is 6.10 Å². The smallest absolute Gasteiger partial charge is 0.261 e. The Balaban J connectivity index is 1.90. The fraction of sp³-hybridized carbons (Fsp3) is 0.541. The summed E-state index contributed by atoms with van der Waals surface area (Å²) < 4.78 is 12.7. The molecular formula is C37H56ClNO3Si. The molecule has 0 heterocycles. The summed E-state index contributed by atoms with van der Waals surface area (Å²) in [6.07, 6.45) is 14.8. The van der Waals surface area contributed by atoms with Crippen molar-refractivity contribution in [2.24, 2.45) is 0 Å². The average Bonchev–Trinajstić information content (AvgIpc) is 3.01. The molecule has 4 nitrogen and oxygen atoms in total. The van der Waals surface area contributed by atoms with Crippen LogP contribution in [0.1, 0.15) is 91.9 Å². The predicted molar refractivity (Wildman–Crippen MR) is 187 cm³/mol. The van der Waals surface area contributed by atoms with Gasteiger partial charge in [0.2, 0.25) is 5.91 Å². The van der Waals surface area contributed by atoms with Crippen LogP contribution in [-0.4, -0.2) is 52.5 Å². The number of unbranched alkanes of at least 4 members (excludes halogenated alkanes) is 4. The highest BCUT2D eigenvalue weighted by Gasteiger charge is 2.50. The average molecular weight is 626 g/mol. The number of hydrogen-bond acceptors (Lipinski definition) is 3. The number of methoxy groups -OCH3 is 1. The van der Waals surface area contributed by atoms with Crippen LogP contribution >= 0.6 is 11.6 Å². The summed E-state index contributed by atoms with van der Waals surface area (Å²) in [5, 5.41) is 2.43. The van der Waals surface area contributed by atoms with E-state index in [1.165, 1.54) is 42.5 Å². The van der Waals surface area contributed by atoms with Gasteiger partial charge in [0.15, 0.2) is 0 Å². The normalized spacial score (nSPS) is 13.4. The topological polar surface area (TPSA) is 38.8 Å². The molecule has 0 spiro atoms. The van der Waals surface area contributed by atoms with Gasteiger partial charge >= 0.3 is 0 Å². The molecule has 1 atom stereocenters. The number of halogens is 1. The van der Waals surface area contributed by atoms with E-state index in [0.29, 0.717) is 26.0 Å². The summed E-state index contributed by atoms with van der Waals surface area (Å²) in [5.41, 5.74) is 2.61. The van der Waals surface area contributed by atoms with Gasteiger partial charge in [0.25, 0.3) is 8.32 Å². The standard InChI is InChI=1S/C37H56ClNO3Si/c1-7-8-9-10-14-21-33(41-6)22-15-11-20-27-36(40)39(5)31-32(30-38)28-29-42-43(37(2,3)4,34-23-16-12-17-24-34)35-25-18-13-19-26-35/h11-13,15-19,23-26,30,33H,7-10,14,20-22,27-29,31H2,1-6H3/b15-11+,32-30-/t33-/m0/s1. The van der Waals surface area contributed by atoms with Crippen molar-refractivity contribution < 1.29 is 14.0 Å². The number of allylic oxidation sites excluding steroid dienone is 1. The summed E-state index contributed by atoms with van der Waals surface area (Å²) in [5.74, 6) is 0.118. The molecule has 0 fully saturated rings. The lowest BCUT2D eigenvalue weighted by molar-refractivity contribution is -0.129. The van der Waals surface area contributed by atoms with Crippen molar-refractivity contribution in [1.82, 2.24) is 4.90 Å². The molecule has 238 valence electrons. The van der Waals surface area contributed by atoms with Crippen LogP contribution < -0.4 is 10.4 Å². The Bertz CT molecular complexity index is 1060. The van der Waals surface area contributed by atoms with Gasteiger partial charge in [-0.3, -0.25) is 4.79 Å². The van der Waals surface area contributed by atoms with Gasteiger partial charge in [-0.2, -0.15) is 0 Å². The Kier molecular flexibility index (Phi) is 17.2. The number of hydrogen-bond donors (Lipinski definition) is 0. The molecule has 0 aromatic heterocycles. The van der Waals surface area contributed by atoms with Crippen LogP contribution in [0.2, 0.25) is 5.04 Å². The number of carbonyl (C=O) groups excluding carboxylic acids is 1. The second-order valence-electron chi connectivity index (χ2n) is 12.6. The van der Waals surface area contributed by atoms with Gasteiger partial charge in [0, 0.05) is 39.3 Å². The Labute approximate surface area is 268 Å². The molecule has 0 aliphatic carbocycles. The van der Waals surface area contributed by atoms with Crippen LogP contribution in [0.3, 0.4) is 0 Å². The number of rotatable bonds is 20. The van der Waals surface area contributed by atoms with E-state index in [-0.39, 0.29) is 17.0 Å². The fourth-order valence-corrected chi connectivity index (χ4v) is 10.5. The minimum atomic E-state index is -2.61. The van der Waals surface area contributed by atoms with Gasteiger partial charge in [-0.1, -0.05) is 144 Å². The van der Waals surface area contributed by atoms with Crippen molar-refractivity contribution in [1.29, 1.82) is 0 Å². The number of ether oxygens (including phenoxy) is 1. The third-order valence-electron chi connectivity index (χ3n) is 8.23. The highest BCUT2D eigenvalue weighted by Crippen LogP contribution is 2.37. The van der Waals surface area contributed by atoms with E-state index in [4.69, 9.17) is 20.8 Å². The van der Waals surface area contributed by atoms with E-state index in [1.807, 2.05) is 7.05 Å². The molecule has 2 rings (SSSR count). The summed E-state index contributed by atoms with van der Waals surface area (Å²) in [7, 11) is 1.04. The van der Waals surface area contributed by atoms with Crippen LogP contribution in [0, 0.1) is 0 Å². The first-order valence-electron chi connectivity index (χ1n) is 16.1. The first-order valence-corrected chi connectivity index (χ1v) is 18.5. The van der Waals surface area contributed by atoms with Crippen LogP contribution in [0.25, 0.3) is 0 Å². The first-order chi connectivity index (χ1) is 20.7. The molecule has 0 radical (unpaired) electrons. The van der Waals surface area contributed by atoms with Crippen molar-refractivity contribution in [3.8, 4) is 0 Å². The first kappa shape index (κ1) is 37.0. The van der Waals surface area contributed by atoms with Gasteiger partial charge in [-0.05, 0) is 46.7 Å². The number of carbonyl (C=O) groups is 1. The summed E-state index contributed by atoms with van der Waals surface area (Å²) in [6, 6.07) is 21.3. The van der Waals surface area contributed by atoms with Crippen molar-refractivity contribution in [2.75, 3.05) is 27.3 Å². The van der Waals surface area contributed by atoms with E-state index in [9.17, 15) is 4.79 Å². The maximum absolute atomic E-state index is 12.9. The van der Waals surface area contributed by atoms with E-state index in [2.05, 4.69) is 101 Å². The van der Waals surface area contributed by atoms with Crippen LogP contribution in [0.4, 0.5) is 0 Å². The molecule has 0 saturated carbocycles. The second-order valence-corrected chi connectivity index (χ2v) is 17.1. The molecular weight excluding hydrogens is 570 g/mol. The van der Waals surface area contributed by atoms with Crippen molar-refractivity contribution >= 4 is 36.2 Å². The monoisotopic (exact) mass is 625 g/mol. The Hall–Kier alpha value is -2.18. The van der Waals surface area contributed by atoms with E-state index < -0.39 is 8.32 Å². The molecule has 43 heavy (non-hydrogen) atoms. The molecule has 0 bridgehead atoms. The molecule has 2 aromatic rings. The van der Waals surface area contributed by atoms with Gasteiger partial charge in [0.1, 0.15) is 0 Å². The van der Waals surface area contributed by atoms with Crippen molar-refractivity contribution in [2.45, 2.75) is 103 Å². The highest BCUT2D eigenvalue weighted by atomic mass is 35.5. The largest absolute Gasteiger partial charge is 0.407 e. The predicted octanol–water partition coefficient (Wildman–Crippen LogP) is 8.64. The van der Waals surface area contributed by atoms with Crippen molar-refractivity contribution in [3.05, 3.63) is 83.9 Å². The molecule has 1 amide bonds. The zero-order valence-corrected chi connectivity index (χ0v) is 29.4. The van der Waals surface area contributed by atoms with E-state index in [1.54, 1.807) is 17.5 Å². The third kappa shape index (κ3) is 12.0. The lowest BCUT2D eigenvalue weighted by atomic mass is 10.1. The molecule has 6 heteroatoms. The molecule has 2 aromatic carbocycles. The van der Waals surface area contributed by atoms with Crippen LogP contribution in [0.15, 0.2) is 83.9 Å². The SMILES string of the molecule is CCCCCCC[C@@H](C/C=C/CCC(=O)N(C)C/C(=C\Cl)CCO[Si](c1ccccc1)(c1ccccc1)C(C)(C)C)OC. The van der Waals surface area contributed by atoms with Crippen LogP contribution in [0.5, 0.6) is 0 Å². The molecule has 0 aliphatic heterocycles. The highest BCUT2D eigenvalue weighted by molar-refractivity contribution is 6.99. The number of nitrogens with zero attached hydrogens (tertiary/aromatic N) is 1. The maximum Gasteiger partial charge on any atom is 0.261 e. The van der Waals surface area contributed by atoms with E-state index >= 15 is 0 Å². The number of benzene rings is 2. The molecule has 0 saturated heterocycles. The molecule has 0 N–H and O–H groups in total. The lowest BCUT2D eigenvalue weighted by Crippen LogP contribution is -2.66. The van der Waals surface area contributed by atoms with Crippen molar-refractivity contribution in [3.63, 3.8) is 0 Å². The number of likely N-dealkylation sites (N-methyl/N-ethyl adjacent to an activating group) is 1. The number of amides is 1. The zero-order valence-electron chi connectivity index (χ0n) is 27.6. The van der Waals surface area contributed by atoms with E-state index in [0.717, 1.165) is 24.8 Å². The fourth-order valence-electron chi connectivity index (χ4n) is 5.73. The Morgan fingerprint density at radius 2 is 1.53 bits per heavy atom. The lowest BCUT2D eigenvalue weighted by Gasteiger charge is -2.43. The third-order valence-corrected chi connectivity index (χ3v) is 13.6. The Morgan fingerprint density at radius 1 is 0.930 bits per heavy atom. The van der Waals surface area contributed by atoms with Gasteiger partial charge in [-0.15, -0.1) is 0 Å². The van der Waals surface area contributed by atoms with Gasteiger partial charge in [-0.25, -0.2) is 0 Å². The maximum atomic E-state index is 12.9. The summed E-state index contributed by atoms with van der Waals surface area (Å²) >= 11 is 6.27. The zero-order chi connectivity index (χ0) is 31.6. The van der Waals surface area contributed by atoms with Gasteiger partial charge < -0.3 is 14.1 Å². The Morgan fingerprint density at radius 3 is 2.07 bits per heavy atom. The minimum absolute atomic E-state index is 0.0846. The minimum Gasteiger partial charge on any atom is -0.407 e. The second kappa shape index (κ2) is 20.0. The summed E-state index contributed by atoms with van der Waals surface area (Å²) in [6.45, 7) is 10.1. The summed E-state index contributed by atoms with van der Waals surface area (Å²) in [4.78, 5) is 14.7. The molecule has 0 aliphatic rings.